The molecule has 0 amide bonds. The minimum atomic E-state index is 0.200. The highest BCUT2D eigenvalue weighted by atomic mass is 16.5. The van der Waals surface area contributed by atoms with Crippen molar-refractivity contribution in [3.8, 4) is 5.75 Å². The molecule has 1 N–H and O–H groups in total. The zero-order chi connectivity index (χ0) is 18.5. The van der Waals surface area contributed by atoms with Crippen LogP contribution in [0, 0.1) is 12.8 Å². The molecule has 3 aromatic carbocycles. The lowest BCUT2D eigenvalue weighted by molar-refractivity contribution is 0.305. The van der Waals surface area contributed by atoms with E-state index in [0.717, 1.165) is 18.2 Å². The van der Waals surface area contributed by atoms with E-state index in [0.29, 0.717) is 6.61 Å². The molecule has 1 unspecified atom stereocenters. The average molecular weight is 357 g/mol. The first-order valence-electron chi connectivity index (χ1n) is 9.84. The Hall–Kier alpha value is -2.58. The van der Waals surface area contributed by atoms with Gasteiger partial charge < -0.3 is 10.1 Å². The number of benzene rings is 3. The monoisotopic (exact) mass is 357 g/mol. The van der Waals surface area contributed by atoms with Crippen LogP contribution in [0.25, 0.3) is 0 Å². The normalized spacial score (nSPS) is 14.7. The minimum absolute atomic E-state index is 0.200. The van der Waals surface area contributed by atoms with Gasteiger partial charge >= 0.3 is 0 Å². The van der Waals surface area contributed by atoms with Gasteiger partial charge in [0.2, 0.25) is 0 Å². The van der Waals surface area contributed by atoms with Gasteiger partial charge in [-0.05, 0) is 61.1 Å². The third-order valence-electron chi connectivity index (χ3n) is 5.12. The summed E-state index contributed by atoms with van der Waals surface area (Å²) >= 11 is 0. The summed E-state index contributed by atoms with van der Waals surface area (Å²) in [5.41, 5.74) is 5.05. The lowest BCUT2D eigenvalue weighted by Crippen LogP contribution is -2.24. The first kappa shape index (κ1) is 17.8. The van der Waals surface area contributed by atoms with E-state index >= 15 is 0 Å². The molecule has 1 atom stereocenters. The first-order chi connectivity index (χ1) is 13.3. The Bertz CT molecular complexity index is 870. The molecule has 0 spiro atoms. The van der Waals surface area contributed by atoms with Crippen LogP contribution < -0.4 is 10.1 Å². The molecule has 1 aliphatic rings. The number of hydrogen-bond acceptors (Lipinski definition) is 2. The fourth-order valence-electron chi connectivity index (χ4n) is 3.41. The molecule has 0 bridgehead atoms. The van der Waals surface area contributed by atoms with Crippen LogP contribution in [-0.2, 0) is 6.61 Å². The van der Waals surface area contributed by atoms with Crippen molar-refractivity contribution < 1.29 is 4.74 Å². The summed E-state index contributed by atoms with van der Waals surface area (Å²) in [6.07, 6.45) is 2.71. The molecule has 3 aromatic rings. The van der Waals surface area contributed by atoms with Crippen molar-refractivity contribution >= 4 is 0 Å². The molecule has 0 heterocycles. The summed E-state index contributed by atoms with van der Waals surface area (Å²) in [5, 5.41) is 3.79. The van der Waals surface area contributed by atoms with Gasteiger partial charge in [-0.3, -0.25) is 0 Å². The molecular weight excluding hydrogens is 330 g/mol. The maximum Gasteiger partial charge on any atom is 0.120 e. The van der Waals surface area contributed by atoms with Crippen molar-refractivity contribution in [3.05, 3.63) is 101 Å². The number of aryl methyl sites for hydroxylation is 1. The van der Waals surface area contributed by atoms with Gasteiger partial charge in [-0.2, -0.15) is 0 Å². The second kappa shape index (κ2) is 8.41. The van der Waals surface area contributed by atoms with E-state index in [1.807, 2.05) is 24.3 Å². The highest BCUT2D eigenvalue weighted by Crippen LogP contribution is 2.31. The summed E-state index contributed by atoms with van der Waals surface area (Å²) in [4.78, 5) is 0. The molecule has 138 valence electrons. The Balaban J connectivity index is 1.53. The van der Waals surface area contributed by atoms with E-state index < -0.39 is 0 Å². The maximum atomic E-state index is 6.05. The molecular formula is C25H27NO. The number of hydrogen-bond donors (Lipinski definition) is 1. The van der Waals surface area contributed by atoms with Crippen LogP contribution >= 0.6 is 0 Å². The molecule has 0 saturated heterocycles. The van der Waals surface area contributed by atoms with Crippen LogP contribution in [0.3, 0.4) is 0 Å². The molecule has 27 heavy (non-hydrogen) atoms. The summed E-state index contributed by atoms with van der Waals surface area (Å²) in [5.74, 6) is 1.76. The summed E-state index contributed by atoms with van der Waals surface area (Å²) in [6.45, 7) is 3.82. The fourth-order valence-corrected chi connectivity index (χ4v) is 3.41. The van der Waals surface area contributed by atoms with Crippen LogP contribution in [0.5, 0.6) is 5.75 Å². The van der Waals surface area contributed by atoms with Crippen molar-refractivity contribution in [2.24, 2.45) is 5.92 Å². The molecule has 1 aliphatic carbocycles. The summed E-state index contributed by atoms with van der Waals surface area (Å²) in [6, 6.07) is 27.8. The Kier molecular flexibility index (Phi) is 5.55. The Morgan fingerprint density at radius 3 is 2.37 bits per heavy atom. The van der Waals surface area contributed by atoms with E-state index in [2.05, 4.69) is 66.8 Å². The molecule has 0 radical (unpaired) electrons. The molecule has 2 nitrogen and oxygen atoms in total. The van der Waals surface area contributed by atoms with E-state index in [9.17, 15) is 0 Å². The Labute approximate surface area is 162 Å². The predicted octanol–water partition coefficient (Wildman–Crippen LogP) is 5.66. The predicted molar refractivity (Wildman–Crippen MR) is 111 cm³/mol. The zero-order valence-corrected chi connectivity index (χ0v) is 15.9. The standard InChI is InChI=1S/C25H27NO/c1-19-7-5-10-22(15-19)25(26-17-20-13-14-20)23-11-6-12-24(16-23)27-18-21-8-3-2-4-9-21/h2-12,15-16,20,25-26H,13-14,17-18H2,1H3. The largest absolute Gasteiger partial charge is 0.489 e. The Morgan fingerprint density at radius 2 is 1.63 bits per heavy atom. The highest BCUT2D eigenvalue weighted by molar-refractivity contribution is 5.38. The SMILES string of the molecule is Cc1cccc(C(NCC2CC2)c2cccc(OCc3ccccc3)c2)c1. The molecule has 0 aliphatic heterocycles. The number of ether oxygens (including phenoxy) is 1. The smallest absolute Gasteiger partial charge is 0.120 e. The summed E-state index contributed by atoms with van der Waals surface area (Å²) in [7, 11) is 0. The van der Waals surface area contributed by atoms with Crippen LogP contribution in [0.2, 0.25) is 0 Å². The molecule has 2 heteroatoms. The van der Waals surface area contributed by atoms with E-state index in [-0.39, 0.29) is 6.04 Å². The minimum Gasteiger partial charge on any atom is -0.489 e. The molecule has 4 rings (SSSR count). The fraction of sp³-hybridized carbons (Fsp3) is 0.280. The summed E-state index contributed by atoms with van der Waals surface area (Å²) < 4.78 is 6.05. The second-order valence-electron chi connectivity index (χ2n) is 7.55. The quantitative estimate of drug-likeness (QED) is 0.561. The molecule has 1 fully saturated rings. The number of rotatable bonds is 8. The van der Waals surface area contributed by atoms with Gasteiger partial charge in [0.25, 0.3) is 0 Å². The number of nitrogens with one attached hydrogen (secondary N) is 1. The van der Waals surface area contributed by atoms with Crippen LogP contribution in [0.15, 0.2) is 78.9 Å². The third-order valence-corrected chi connectivity index (χ3v) is 5.12. The second-order valence-corrected chi connectivity index (χ2v) is 7.55. The van der Waals surface area contributed by atoms with E-state index in [1.54, 1.807) is 0 Å². The topological polar surface area (TPSA) is 21.3 Å². The van der Waals surface area contributed by atoms with Gasteiger partial charge in [-0.1, -0.05) is 72.3 Å². The van der Waals surface area contributed by atoms with Gasteiger partial charge in [0.15, 0.2) is 0 Å². The van der Waals surface area contributed by atoms with Gasteiger partial charge in [-0.15, -0.1) is 0 Å². The van der Waals surface area contributed by atoms with Crippen molar-refractivity contribution in [1.29, 1.82) is 0 Å². The van der Waals surface area contributed by atoms with Crippen LogP contribution in [0.1, 0.15) is 41.1 Å². The highest BCUT2D eigenvalue weighted by Gasteiger charge is 2.23. The van der Waals surface area contributed by atoms with Gasteiger partial charge in [-0.25, -0.2) is 0 Å². The van der Waals surface area contributed by atoms with Gasteiger partial charge in [0.1, 0.15) is 12.4 Å². The maximum absolute atomic E-state index is 6.05. The van der Waals surface area contributed by atoms with Gasteiger partial charge in [0, 0.05) is 0 Å². The lowest BCUT2D eigenvalue weighted by atomic mass is 9.97. The molecule has 0 aromatic heterocycles. The van der Waals surface area contributed by atoms with Crippen LogP contribution in [0.4, 0.5) is 0 Å². The van der Waals surface area contributed by atoms with Gasteiger partial charge in [0.05, 0.1) is 6.04 Å². The van der Waals surface area contributed by atoms with Crippen molar-refractivity contribution in [1.82, 2.24) is 5.32 Å². The Morgan fingerprint density at radius 1 is 0.889 bits per heavy atom. The zero-order valence-electron chi connectivity index (χ0n) is 15.9. The van der Waals surface area contributed by atoms with E-state index in [4.69, 9.17) is 4.74 Å². The van der Waals surface area contributed by atoms with Crippen molar-refractivity contribution in [3.63, 3.8) is 0 Å². The van der Waals surface area contributed by atoms with Crippen molar-refractivity contribution in [2.45, 2.75) is 32.4 Å². The lowest BCUT2D eigenvalue weighted by Gasteiger charge is -2.21. The van der Waals surface area contributed by atoms with Crippen LogP contribution in [-0.4, -0.2) is 6.54 Å². The average Bonchev–Trinajstić information content (AvgIpc) is 3.52. The first-order valence-corrected chi connectivity index (χ1v) is 9.84. The third kappa shape index (κ3) is 4.99. The van der Waals surface area contributed by atoms with E-state index in [1.165, 1.54) is 35.1 Å². The van der Waals surface area contributed by atoms with Crippen molar-refractivity contribution in [2.75, 3.05) is 6.54 Å². The molecule has 1 saturated carbocycles.